The molecule has 0 aromatic heterocycles. The van der Waals surface area contributed by atoms with Crippen molar-refractivity contribution < 1.29 is 4.74 Å². The summed E-state index contributed by atoms with van der Waals surface area (Å²) in [6, 6.07) is 9.08. The molecule has 0 aliphatic carbocycles. The standard InChI is InChI=1S/C21H37NO/c1-5-7-8-9-10-11-16-22-21(6-2)19-12-14-20(15-13-19)23-17-18(3)4/h12-15,18,21-22H,5-11,16-17H2,1-4H3. The minimum Gasteiger partial charge on any atom is -0.493 e. The van der Waals surface area contributed by atoms with Crippen LogP contribution >= 0.6 is 0 Å². The highest BCUT2D eigenvalue weighted by molar-refractivity contribution is 5.29. The maximum Gasteiger partial charge on any atom is 0.119 e. The smallest absolute Gasteiger partial charge is 0.119 e. The molecule has 0 heterocycles. The van der Waals surface area contributed by atoms with Gasteiger partial charge in [0.2, 0.25) is 0 Å². The van der Waals surface area contributed by atoms with Crippen molar-refractivity contribution in [1.29, 1.82) is 0 Å². The molecular weight excluding hydrogens is 282 g/mol. The topological polar surface area (TPSA) is 21.3 Å². The quantitative estimate of drug-likeness (QED) is 0.442. The van der Waals surface area contributed by atoms with E-state index in [4.69, 9.17) is 4.74 Å². The minimum absolute atomic E-state index is 0.463. The zero-order chi connectivity index (χ0) is 16.9. The predicted octanol–water partition coefficient (Wildman–Crippen LogP) is 6.12. The van der Waals surface area contributed by atoms with Gasteiger partial charge in [-0.25, -0.2) is 0 Å². The Kier molecular flexibility index (Phi) is 10.8. The Hall–Kier alpha value is -1.02. The third-order valence-corrected chi connectivity index (χ3v) is 4.20. The van der Waals surface area contributed by atoms with Gasteiger partial charge in [0.15, 0.2) is 0 Å². The molecule has 1 atom stereocenters. The second-order valence-corrected chi connectivity index (χ2v) is 6.96. The summed E-state index contributed by atoms with van der Waals surface area (Å²) < 4.78 is 5.76. The molecule has 132 valence electrons. The summed E-state index contributed by atoms with van der Waals surface area (Å²) in [4.78, 5) is 0. The summed E-state index contributed by atoms with van der Waals surface area (Å²) in [5, 5.41) is 3.71. The first-order valence-electron chi connectivity index (χ1n) is 9.63. The number of unbranched alkanes of at least 4 members (excludes halogenated alkanes) is 5. The summed E-state index contributed by atoms with van der Waals surface area (Å²) >= 11 is 0. The Morgan fingerprint density at radius 1 is 0.913 bits per heavy atom. The molecule has 2 heteroatoms. The third kappa shape index (κ3) is 9.00. The normalized spacial score (nSPS) is 12.6. The lowest BCUT2D eigenvalue weighted by Gasteiger charge is -2.18. The molecule has 0 bridgehead atoms. The number of hydrogen-bond acceptors (Lipinski definition) is 2. The second-order valence-electron chi connectivity index (χ2n) is 6.96. The van der Waals surface area contributed by atoms with Gasteiger partial charge in [-0.2, -0.15) is 0 Å². The molecule has 0 saturated heterocycles. The van der Waals surface area contributed by atoms with Crippen LogP contribution in [0.25, 0.3) is 0 Å². The molecule has 1 unspecified atom stereocenters. The van der Waals surface area contributed by atoms with Gasteiger partial charge in [0.05, 0.1) is 6.61 Å². The SMILES string of the molecule is CCCCCCCCNC(CC)c1ccc(OCC(C)C)cc1. The molecule has 1 rings (SSSR count). The van der Waals surface area contributed by atoms with Crippen molar-refractivity contribution in [3.8, 4) is 5.75 Å². The van der Waals surface area contributed by atoms with Crippen LogP contribution in [-0.2, 0) is 0 Å². The van der Waals surface area contributed by atoms with Crippen LogP contribution in [0.5, 0.6) is 5.75 Å². The maximum atomic E-state index is 5.76. The van der Waals surface area contributed by atoms with Crippen molar-refractivity contribution >= 4 is 0 Å². The Morgan fingerprint density at radius 3 is 2.17 bits per heavy atom. The fraction of sp³-hybridized carbons (Fsp3) is 0.714. The molecule has 0 amide bonds. The van der Waals surface area contributed by atoms with Crippen molar-refractivity contribution in [2.75, 3.05) is 13.2 Å². The number of ether oxygens (including phenoxy) is 1. The van der Waals surface area contributed by atoms with Gasteiger partial charge in [-0.1, -0.05) is 71.9 Å². The van der Waals surface area contributed by atoms with E-state index in [1.54, 1.807) is 0 Å². The maximum absolute atomic E-state index is 5.76. The summed E-state index contributed by atoms with van der Waals surface area (Å²) in [5.41, 5.74) is 1.37. The highest BCUT2D eigenvalue weighted by Gasteiger charge is 2.08. The van der Waals surface area contributed by atoms with Crippen LogP contribution in [0.1, 0.15) is 84.2 Å². The van der Waals surface area contributed by atoms with E-state index < -0.39 is 0 Å². The molecular formula is C21H37NO. The monoisotopic (exact) mass is 319 g/mol. The summed E-state index contributed by atoms with van der Waals surface area (Å²) in [7, 11) is 0. The Morgan fingerprint density at radius 2 is 1.57 bits per heavy atom. The van der Waals surface area contributed by atoms with E-state index in [9.17, 15) is 0 Å². The largest absolute Gasteiger partial charge is 0.493 e. The molecule has 2 nitrogen and oxygen atoms in total. The Labute approximate surface area is 144 Å². The number of nitrogens with one attached hydrogen (secondary N) is 1. The molecule has 0 radical (unpaired) electrons. The van der Waals surface area contributed by atoms with Gasteiger partial charge in [-0.15, -0.1) is 0 Å². The second kappa shape index (κ2) is 12.4. The molecule has 1 aromatic carbocycles. The van der Waals surface area contributed by atoms with E-state index in [2.05, 4.69) is 57.3 Å². The van der Waals surface area contributed by atoms with Crippen molar-refractivity contribution in [2.24, 2.45) is 5.92 Å². The zero-order valence-corrected chi connectivity index (χ0v) is 15.7. The lowest BCUT2D eigenvalue weighted by atomic mass is 10.0. The van der Waals surface area contributed by atoms with E-state index >= 15 is 0 Å². The van der Waals surface area contributed by atoms with Gasteiger partial charge >= 0.3 is 0 Å². The van der Waals surface area contributed by atoms with Gasteiger partial charge in [-0.3, -0.25) is 0 Å². The molecule has 0 saturated carbocycles. The van der Waals surface area contributed by atoms with Gasteiger partial charge in [-0.05, 0) is 43.0 Å². The lowest BCUT2D eigenvalue weighted by molar-refractivity contribution is 0.271. The van der Waals surface area contributed by atoms with E-state index in [1.165, 1.54) is 44.1 Å². The van der Waals surface area contributed by atoms with Crippen molar-refractivity contribution in [3.05, 3.63) is 29.8 Å². The average Bonchev–Trinajstić information content (AvgIpc) is 2.56. The fourth-order valence-electron chi connectivity index (χ4n) is 2.74. The van der Waals surface area contributed by atoms with E-state index in [1.807, 2.05) is 0 Å². The van der Waals surface area contributed by atoms with Crippen molar-refractivity contribution in [2.45, 2.75) is 78.7 Å². The highest BCUT2D eigenvalue weighted by atomic mass is 16.5. The van der Waals surface area contributed by atoms with Crippen LogP contribution in [0.3, 0.4) is 0 Å². The van der Waals surface area contributed by atoms with Gasteiger partial charge in [0.1, 0.15) is 5.75 Å². The first kappa shape index (κ1) is 20.0. The Balaban J connectivity index is 2.30. The van der Waals surface area contributed by atoms with Crippen LogP contribution in [0, 0.1) is 5.92 Å². The summed E-state index contributed by atoms with van der Waals surface area (Å²) in [6.07, 6.45) is 9.26. The van der Waals surface area contributed by atoms with Gasteiger partial charge in [0.25, 0.3) is 0 Å². The van der Waals surface area contributed by atoms with Crippen molar-refractivity contribution in [1.82, 2.24) is 5.32 Å². The van der Waals surface area contributed by atoms with E-state index in [0.29, 0.717) is 12.0 Å². The molecule has 0 spiro atoms. The fourth-order valence-corrected chi connectivity index (χ4v) is 2.74. The van der Waals surface area contributed by atoms with Crippen LogP contribution in [-0.4, -0.2) is 13.2 Å². The molecule has 0 aliphatic heterocycles. The summed E-state index contributed by atoms with van der Waals surface area (Å²) in [6.45, 7) is 10.8. The van der Waals surface area contributed by atoms with E-state index in [-0.39, 0.29) is 0 Å². The van der Waals surface area contributed by atoms with Gasteiger partial charge < -0.3 is 10.1 Å². The minimum atomic E-state index is 0.463. The molecule has 0 fully saturated rings. The molecule has 23 heavy (non-hydrogen) atoms. The van der Waals surface area contributed by atoms with Gasteiger partial charge in [0, 0.05) is 6.04 Å². The number of benzene rings is 1. The predicted molar refractivity (Wildman–Crippen MR) is 101 cm³/mol. The molecule has 0 aliphatic rings. The highest BCUT2D eigenvalue weighted by Crippen LogP contribution is 2.20. The average molecular weight is 320 g/mol. The van der Waals surface area contributed by atoms with Crippen LogP contribution in [0.15, 0.2) is 24.3 Å². The lowest BCUT2D eigenvalue weighted by Crippen LogP contribution is -2.21. The number of rotatable bonds is 13. The first-order valence-corrected chi connectivity index (χ1v) is 9.63. The van der Waals surface area contributed by atoms with E-state index in [0.717, 1.165) is 25.3 Å². The third-order valence-electron chi connectivity index (χ3n) is 4.20. The van der Waals surface area contributed by atoms with Crippen LogP contribution in [0.4, 0.5) is 0 Å². The Bertz CT molecular complexity index is 385. The number of hydrogen-bond donors (Lipinski definition) is 1. The molecule has 1 N–H and O–H groups in total. The van der Waals surface area contributed by atoms with Crippen molar-refractivity contribution in [3.63, 3.8) is 0 Å². The summed E-state index contributed by atoms with van der Waals surface area (Å²) in [5.74, 6) is 1.55. The van der Waals surface area contributed by atoms with Crippen LogP contribution < -0.4 is 10.1 Å². The first-order chi connectivity index (χ1) is 11.2. The molecule has 1 aromatic rings. The zero-order valence-electron chi connectivity index (χ0n) is 15.7. The van der Waals surface area contributed by atoms with Crippen LogP contribution in [0.2, 0.25) is 0 Å².